The first-order valence-electron chi connectivity index (χ1n) is 5.33. The second-order valence-corrected chi connectivity index (χ2v) is 4.50. The third kappa shape index (κ3) is 1.83. The summed E-state index contributed by atoms with van der Waals surface area (Å²) in [5.41, 5.74) is 3.78. The lowest BCUT2D eigenvalue weighted by Crippen LogP contribution is -2.03. The van der Waals surface area contributed by atoms with Crippen LogP contribution in [0.4, 0.5) is 5.69 Å². The summed E-state index contributed by atoms with van der Waals surface area (Å²) >= 11 is 6.35. The maximum absolute atomic E-state index is 11.3. The van der Waals surface area contributed by atoms with E-state index >= 15 is 0 Å². The average Bonchev–Trinajstić information content (AvgIpc) is 2.94. The van der Waals surface area contributed by atoms with Gasteiger partial charge in [-0.2, -0.15) is 0 Å². The molecule has 3 nitrogen and oxygen atoms in total. The average molecular weight is 248 g/mol. The molecule has 1 unspecified atom stereocenters. The SMILES string of the molecule is O=C1Cc2cc(C(Cl)c3ccoc3)ccc2N1. The highest BCUT2D eigenvalue weighted by Gasteiger charge is 2.20. The van der Waals surface area contributed by atoms with Crippen molar-refractivity contribution in [1.82, 2.24) is 0 Å². The Morgan fingerprint density at radius 3 is 2.94 bits per heavy atom. The molecular weight excluding hydrogens is 238 g/mol. The van der Waals surface area contributed by atoms with Gasteiger partial charge < -0.3 is 9.73 Å². The number of anilines is 1. The summed E-state index contributed by atoms with van der Waals surface area (Å²) in [6.45, 7) is 0. The van der Waals surface area contributed by atoms with E-state index in [9.17, 15) is 4.79 Å². The van der Waals surface area contributed by atoms with E-state index in [0.717, 1.165) is 22.4 Å². The molecule has 1 atom stereocenters. The Balaban J connectivity index is 1.95. The predicted molar refractivity (Wildman–Crippen MR) is 65.2 cm³/mol. The largest absolute Gasteiger partial charge is 0.472 e. The highest BCUT2D eigenvalue weighted by Crippen LogP contribution is 2.33. The Morgan fingerprint density at radius 1 is 1.29 bits per heavy atom. The van der Waals surface area contributed by atoms with Crippen molar-refractivity contribution in [2.45, 2.75) is 11.8 Å². The summed E-state index contributed by atoms with van der Waals surface area (Å²) in [5, 5.41) is 2.56. The monoisotopic (exact) mass is 247 g/mol. The number of hydrogen-bond acceptors (Lipinski definition) is 2. The number of fused-ring (bicyclic) bond motifs is 1. The van der Waals surface area contributed by atoms with Crippen LogP contribution in [0.2, 0.25) is 0 Å². The van der Waals surface area contributed by atoms with Crippen molar-refractivity contribution in [2.75, 3.05) is 5.32 Å². The molecule has 0 saturated heterocycles. The van der Waals surface area contributed by atoms with Crippen molar-refractivity contribution in [3.63, 3.8) is 0 Å². The van der Waals surface area contributed by atoms with E-state index in [2.05, 4.69) is 5.32 Å². The van der Waals surface area contributed by atoms with Crippen molar-refractivity contribution in [3.8, 4) is 0 Å². The Labute approximate surface area is 103 Å². The van der Waals surface area contributed by atoms with Gasteiger partial charge in [0, 0.05) is 11.3 Å². The molecule has 1 aliphatic rings. The predicted octanol–water partition coefficient (Wildman–Crippen LogP) is 3.10. The van der Waals surface area contributed by atoms with Gasteiger partial charge in [-0.25, -0.2) is 0 Å². The fourth-order valence-electron chi connectivity index (χ4n) is 2.02. The number of hydrogen-bond donors (Lipinski definition) is 1. The zero-order chi connectivity index (χ0) is 11.8. The van der Waals surface area contributed by atoms with Crippen LogP contribution in [-0.2, 0) is 11.2 Å². The molecule has 1 aliphatic heterocycles. The van der Waals surface area contributed by atoms with Crippen molar-refractivity contribution in [2.24, 2.45) is 0 Å². The molecule has 1 aromatic heterocycles. The molecule has 0 aliphatic carbocycles. The molecule has 1 amide bonds. The minimum absolute atomic E-state index is 0.0339. The Hall–Kier alpha value is -1.74. The fourth-order valence-corrected chi connectivity index (χ4v) is 2.28. The van der Waals surface area contributed by atoms with Gasteiger partial charge in [0.15, 0.2) is 0 Å². The quantitative estimate of drug-likeness (QED) is 0.829. The summed E-state index contributed by atoms with van der Waals surface area (Å²) in [7, 11) is 0. The number of carbonyl (C=O) groups is 1. The summed E-state index contributed by atoms with van der Waals surface area (Å²) in [6.07, 6.45) is 3.66. The first-order valence-corrected chi connectivity index (χ1v) is 5.76. The van der Waals surface area contributed by atoms with Crippen molar-refractivity contribution >= 4 is 23.2 Å². The van der Waals surface area contributed by atoms with Crippen LogP contribution in [0.1, 0.15) is 22.1 Å². The third-order valence-electron chi connectivity index (χ3n) is 2.88. The lowest BCUT2D eigenvalue weighted by molar-refractivity contribution is -0.115. The van der Waals surface area contributed by atoms with Crippen LogP contribution in [0, 0.1) is 0 Å². The second-order valence-electron chi connectivity index (χ2n) is 4.06. The summed E-state index contributed by atoms with van der Waals surface area (Å²) in [4.78, 5) is 11.3. The molecule has 0 radical (unpaired) electrons. The highest BCUT2D eigenvalue weighted by molar-refractivity contribution is 6.22. The third-order valence-corrected chi connectivity index (χ3v) is 3.39. The summed E-state index contributed by atoms with van der Waals surface area (Å²) in [5.74, 6) is 0.0339. The standard InChI is InChI=1S/C13H10ClNO2/c14-13(9-3-4-17-7-9)8-1-2-11-10(5-8)6-12(16)15-11/h1-5,7,13H,6H2,(H,15,16). The molecule has 0 saturated carbocycles. The zero-order valence-corrected chi connectivity index (χ0v) is 9.70. The van der Waals surface area contributed by atoms with Crippen LogP contribution in [0.25, 0.3) is 0 Å². The number of amides is 1. The van der Waals surface area contributed by atoms with Gasteiger partial charge in [-0.3, -0.25) is 4.79 Å². The van der Waals surface area contributed by atoms with Gasteiger partial charge in [0.1, 0.15) is 0 Å². The van der Waals surface area contributed by atoms with E-state index in [1.807, 2.05) is 24.3 Å². The van der Waals surface area contributed by atoms with Crippen LogP contribution in [0.5, 0.6) is 0 Å². The van der Waals surface area contributed by atoms with Crippen LogP contribution in [0.15, 0.2) is 41.2 Å². The smallest absolute Gasteiger partial charge is 0.228 e. The van der Waals surface area contributed by atoms with Gasteiger partial charge in [-0.15, -0.1) is 11.6 Å². The molecule has 0 bridgehead atoms. The molecule has 17 heavy (non-hydrogen) atoms. The molecule has 2 heterocycles. The molecule has 0 fully saturated rings. The second kappa shape index (κ2) is 3.93. The first kappa shape index (κ1) is 10.4. The normalized spacial score (nSPS) is 15.5. The molecule has 0 spiro atoms. The van der Waals surface area contributed by atoms with E-state index in [-0.39, 0.29) is 11.3 Å². The van der Waals surface area contributed by atoms with Gasteiger partial charge in [0.25, 0.3) is 0 Å². The molecule has 86 valence electrons. The number of rotatable bonds is 2. The van der Waals surface area contributed by atoms with E-state index in [1.54, 1.807) is 12.5 Å². The van der Waals surface area contributed by atoms with Gasteiger partial charge in [-0.05, 0) is 23.3 Å². The van der Waals surface area contributed by atoms with E-state index in [1.165, 1.54) is 0 Å². The topological polar surface area (TPSA) is 42.2 Å². The van der Waals surface area contributed by atoms with Gasteiger partial charge in [0.2, 0.25) is 5.91 Å². The number of furan rings is 1. The fraction of sp³-hybridized carbons (Fsp3) is 0.154. The number of alkyl halides is 1. The van der Waals surface area contributed by atoms with Crippen LogP contribution < -0.4 is 5.32 Å². The number of halogens is 1. The van der Waals surface area contributed by atoms with Crippen molar-refractivity contribution < 1.29 is 9.21 Å². The summed E-state index contributed by atoms with van der Waals surface area (Å²) < 4.78 is 5.02. The van der Waals surface area contributed by atoms with Gasteiger partial charge in [-0.1, -0.05) is 12.1 Å². The Kier molecular flexibility index (Phi) is 2.41. The van der Waals surface area contributed by atoms with Crippen LogP contribution >= 0.6 is 11.6 Å². The minimum atomic E-state index is -0.241. The van der Waals surface area contributed by atoms with E-state index in [0.29, 0.717) is 6.42 Å². The van der Waals surface area contributed by atoms with E-state index in [4.69, 9.17) is 16.0 Å². The maximum atomic E-state index is 11.3. The van der Waals surface area contributed by atoms with E-state index < -0.39 is 0 Å². The molecular formula is C13H10ClNO2. The number of nitrogens with one attached hydrogen (secondary N) is 1. The van der Waals surface area contributed by atoms with Crippen molar-refractivity contribution in [1.29, 1.82) is 0 Å². The van der Waals surface area contributed by atoms with Crippen molar-refractivity contribution in [3.05, 3.63) is 53.5 Å². The molecule has 4 heteroatoms. The zero-order valence-electron chi connectivity index (χ0n) is 8.94. The number of benzene rings is 1. The lowest BCUT2D eigenvalue weighted by Gasteiger charge is -2.09. The molecule has 1 N–H and O–H groups in total. The molecule has 3 rings (SSSR count). The Bertz CT molecular complexity index is 563. The first-order chi connectivity index (χ1) is 8.24. The molecule has 1 aromatic carbocycles. The Morgan fingerprint density at radius 2 is 2.18 bits per heavy atom. The highest BCUT2D eigenvalue weighted by atomic mass is 35.5. The van der Waals surface area contributed by atoms with Gasteiger partial charge in [0.05, 0.1) is 24.3 Å². The van der Waals surface area contributed by atoms with Crippen LogP contribution in [-0.4, -0.2) is 5.91 Å². The maximum Gasteiger partial charge on any atom is 0.228 e. The molecule has 2 aromatic rings. The number of carbonyl (C=O) groups excluding carboxylic acids is 1. The lowest BCUT2D eigenvalue weighted by atomic mass is 10.0. The summed E-state index contributed by atoms with van der Waals surface area (Å²) in [6, 6.07) is 7.63. The minimum Gasteiger partial charge on any atom is -0.472 e. The van der Waals surface area contributed by atoms with Gasteiger partial charge >= 0.3 is 0 Å². The van der Waals surface area contributed by atoms with Crippen LogP contribution in [0.3, 0.4) is 0 Å².